The molecule has 5 rings (SSSR count). The van der Waals surface area contributed by atoms with Crippen LogP contribution in [0.15, 0.2) is 41.1 Å². The molecule has 0 bridgehead atoms. The molecule has 4 aromatic rings. The van der Waals surface area contributed by atoms with Crippen LogP contribution in [0.4, 0.5) is 11.5 Å². The molecule has 2 atom stereocenters. The number of rotatable bonds is 4. The standard InChI is InChI=1S/C19H18N6O3/c1-10-22-16-13-4-2-3-5-15(13)28-17(16)18(23-10)25-9-11(6-14(25)19(26)27)24-12-7-20-21-8-12/h2-5,7-8,11,14,24H,6,9H2,1H3,(H,20,21)(H,26,27)/t11-,14-/m0/s1. The zero-order valence-electron chi connectivity index (χ0n) is 15.1. The highest BCUT2D eigenvalue weighted by Gasteiger charge is 2.39. The summed E-state index contributed by atoms with van der Waals surface area (Å²) in [7, 11) is 0. The summed E-state index contributed by atoms with van der Waals surface area (Å²) in [6, 6.07) is 6.86. The Balaban J connectivity index is 1.60. The number of H-pyrrole nitrogens is 1. The maximum absolute atomic E-state index is 12.0. The molecule has 0 saturated carbocycles. The number of fused-ring (bicyclic) bond motifs is 3. The predicted molar refractivity (Wildman–Crippen MR) is 103 cm³/mol. The lowest BCUT2D eigenvalue weighted by Gasteiger charge is -2.22. The number of hydrogen-bond donors (Lipinski definition) is 3. The van der Waals surface area contributed by atoms with Gasteiger partial charge in [-0.1, -0.05) is 12.1 Å². The van der Waals surface area contributed by atoms with Gasteiger partial charge in [0.25, 0.3) is 0 Å². The number of hydrogen-bond acceptors (Lipinski definition) is 7. The molecule has 9 nitrogen and oxygen atoms in total. The minimum absolute atomic E-state index is 0.0617. The molecular formula is C19H18N6O3. The van der Waals surface area contributed by atoms with Gasteiger partial charge >= 0.3 is 5.97 Å². The molecule has 1 aromatic carbocycles. The number of aliphatic carboxylic acids is 1. The van der Waals surface area contributed by atoms with Crippen molar-refractivity contribution in [1.29, 1.82) is 0 Å². The van der Waals surface area contributed by atoms with Crippen LogP contribution >= 0.6 is 0 Å². The van der Waals surface area contributed by atoms with Gasteiger partial charge in [0, 0.05) is 30.6 Å². The van der Waals surface area contributed by atoms with E-state index in [1.165, 1.54) is 0 Å². The van der Waals surface area contributed by atoms with E-state index in [-0.39, 0.29) is 6.04 Å². The number of nitrogens with zero attached hydrogens (tertiary/aromatic N) is 4. The number of carboxylic acid groups (broad SMARTS) is 1. The van der Waals surface area contributed by atoms with Gasteiger partial charge in [-0.2, -0.15) is 5.10 Å². The molecule has 1 saturated heterocycles. The summed E-state index contributed by atoms with van der Waals surface area (Å²) >= 11 is 0. The van der Waals surface area contributed by atoms with Crippen LogP contribution in [0.1, 0.15) is 12.2 Å². The molecule has 0 radical (unpaired) electrons. The molecule has 0 amide bonds. The smallest absolute Gasteiger partial charge is 0.326 e. The SMILES string of the molecule is Cc1nc(N2C[C@@H](Nc3cn[nH]c3)C[C@H]2C(=O)O)c2oc3ccccc3c2n1. The van der Waals surface area contributed by atoms with Gasteiger partial charge in [0.1, 0.15) is 23.0 Å². The Morgan fingerprint density at radius 2 is 2.21 bits per heavy atom. The number of aryl methyl sites for hydroxylation is 1. The molecule has 1 aliphatic rings. The van der Waals surface area contributed by atoms with E-state index in [2.05, 4.69) is 25.5 Å². The number of anilines is 2. The van der Waals surface area contributed by atoms with Gasteiger partial charge < -0.3 is 19.7 Å². The van der Waals surface area contributed by atoms with E-state index in [1.54, 1.807) is 24.2 Å². The lowest BCUT2D eigenvalue weighted by atomic mass is 10.1. The van der Waals surface area contributed by atoms with Crippen molar-refractivity contribution in [2.75, 3.05) is 16.8 Å². The highest BCUT2D eigenvalue weighted by atomic mass is 16.4. The fourth-order valence-corrected chi connectivity index (χ4v) is 3.85. The Morgan fingerprint density at radius 1 is 1.36 bits per heavy atom. The van der Waals surface area contributed by atoms with Crippen LogP contribution in [0.2, 0.25) is 0 Å². The number of benzene rings is 1. The van der Waals surface area contributed by atoms with E-state index >= 15 is 0 Å². The van der Waals surface area contributed by atoms with E-state index < -0.39 is 12.0 Å². The van der Waals surface area contributed by atoms with Crippen molar-refractivity contribution in [2.45, 2.75) is 25.4 Å². The summed E-state index contributed by atoms with van der Waals surface area (Å²) in [6.45, 7) is 2.28. The van der Waals surface area contributed by atoms with Crippen LogP contribution in [0.3, 0.4) is 0 Å². The van der Waals surface area contributed by atoms with Crippen molar-refractivity contribution in [3.63, 3.8) is 0 Å². The topological polar surface area (TPSA) is 120 Å². The fourth-order valence-electron chi connectivity index (χ4n) is 3.85. The van der Waals surface area contributed by atoms with Crippen LogP contribution in [0.25, 0.3) is 22.1 Å². The third-order valence-electron chi connectivity index (χ3n) is 5.04. The maximum atomic E-state index is 12.0. The maximum Gasteiger partial charge on any atom is 0.326 e. The summed E-state index contributed by atoms with van der Waals surface area (Å²) in [4.78, 5) is 22.8. The lowest BCUT2D eigenvalue weighted by molar-refractivity contribution is -0.138. The molecule has 3 N–H and O–H groups in total. The Bertz CT molecular complexity index is 1170. The number of furan rings is 1. The second kappa shape index (κ2) is 6.22. The lowest BCUT2D eigenvalue weighted by Crippen LogP contribution is -2.37. The van der Waals surface area contributed by atoms with Crippen molar-refractivity contribution in [3.8, 4) is 0 Å². The first-order chi connectivity index (χ1) is 13.6. The summed E-state index contributed by atoms with van der Waals surface area (Å²) < 4.78 is 6.03. The number of aromatic nitrogens is 4. The van der Waals surface area contributed by atoms with Gasteiger partial charge in [-0.25, -0.2) is 14.8 Å². The summed E-state index contributed by atoms with van der Waals surface area (Å²) in [5, 5.41) is 20.7. The molecule has 0 spiro atoms. The van der Waals surface area contributed by atoms with Gasteiger partial charge in [-0.3, -0.25) is 5.10 Å². The highest BCUT2D eigenvalue weighted by Crippen LogP contribution is 2.36. The van der Waals surface area contributed by atoms with Crippen molar-refractivity contribution < 1.29 is 14.3 Å². The number of aromatic amines is 1. The molecular weight excluding hydrogens is 360 g/mol. The Morgan fingerprint density at radius 3 is 3.00 bits per heavy atom. The van der Waals surface area contributed by atoms with Crippen LogP contribution < -0.4 is 10.2 Å². The summed E-state index contributed by atoms with van der Waals surface area (Å²) in [6.07, 6.45) is 3.85. The van der Waals surface area contributed by atoms with E-state index in [4.69, 9.17) is 4.42 Å². The van der Waals surface area contributed by atoms with Crippen LogP contribution in [-0.4, -0.2) is 49.9 Å². The van der Waals surface area contributed by atoms with Gasteiger partial charge in [0.15, 0.2) is 11.4 Å². The van der Waals surface area contributed by atoms with Crippen LogP contribution in [0, 0.1) is 6.92 Å². The zero-order chi connectivity index (χ0) is 19.3. The van der Waals surface area contributed by atoms with Gasteiger partial charge in [0.05, 0.1) is 11.9 Å². The third kappa shape index (κ3) is 2.63. The highest BCUT2D eigenvalue weighted by molar-refractivity contribution is 6.06. The van der Waals surface area contributed by atoms with Gasteiger partial charge in [-0.15, -0.1) is 0 Å². The average Bonchev–Trinajstić information content (AvgIpc) is 3.40. The average molecular weight is 378 g/mol. The number of carboxylic acids is 1. The molecule has 1 fully saturated rings. The van der Waals surface area contributed by atoms with Crippen molar-refractivity contribution in [1.82, 2.24) is 20.2 Å². The molecule has 4 heterocycles. The first kappa shape index (κ1) is 16.5. The zero-order valence-corrected chi connectivity index (χ0v) is 15.1. The molecule has 0 unspecified atom stereocenters. The monoisotopic (exact) mass is 378 g/mol. The van der Waals surface area contributed by atoms with E-state index in [9.17, 15) is 9.90 Å². The second-order valence-corrected chi connectivity index (χ2v) is 6.94. The van der Waals surface area contributed by atoms with Crippen molar-refractivity contribution in [3.05, 3.63) is 42.5 Å². The molecule has 28 heavy (non-hydrogen) atoms. The largest absolute Gasteiger partial charge is 0.480 e. The molecule has 3 aromatic heterocycles. The molecule has 142 valence electrons. The minimum atomic E-state index is -0.892. The quantitative estimate of drug-likeness (QED) is 0.495. The normalized spacial score (nSPS) is 19.5. The van der Waals surface area contributed by atoms with Gasteiger partial charge in [0.2, 0.25) is 0 Å². The number of nitrogens with one attached hydrogen (secondary N) is 2. The Labute approximate surface area is 159 Å². The van der Waals surface area contributed by atoms with Crippen molar-refractivity contribution in [2.24, 2.45) is 0 Å². The molecule has 0 aliphatic carbocycles. The van der Waals surface area contributed by atoms with Gasteiger partial charge in [-0.05, 0) is 19.1 Å². The first-order valence-electron chi connectivity index (χ1n) is 9.01. The third-order valence-corrected chi connectivity index (χ3v) is 5.04. The summed E-state index contributed by atoms with van der Waals surface area (Å²) in [5.74, 6) is 0.198. The first-order valence-corrected chi connectivity index (χ1v) is 9.01. The molecule has 1 aliphatic heterocycles. The van der Waals surface area contributed by atoms with Crippen LogP contribution in [-0.2, 0) is 4.79 Å². The van der Waals surface area contributed by atoms with E-state index in [1.807, 2.05) is 24.3 Å². The molecule has 9 heteroatoms. The van der Waals surface area contributed by atoms with Crippen molar-refractivity contribution >= 4 is 39.5 Å². The Hall–Kier alpha value is -3.62. The number of para-hydroxylation sites is 1. The fraction of sp³-hybridized carbons (Fsp3) is 0.263. The second-order valence-electron chi connectivity index (χ2n) is 6.94. The summed E-state index contributed by atoms with van der Waals surface area (Å²) in [5.41, 5.74) is 2.75. The van der Waals surface area contributed by atoms with E-state index in [0.717, 1.165) is 11.1 Å². The predicted octanol–water partition coefficient (Wildman–Crippen LogP) is 2.55. The van der Waals surface area contributed by atoms with Crippen LogP contribution in [0.5, 0.6) is 0 Å². The number of carbonyl (C=O) groups is 1. The Kier molecular flexibility index (Phi) is 3.68. The van der Waals surface area contributed by atoms with E-state index in [0.29, 0.717) is 41.3 Å². The minimum Gasteiger partial charge on any atom is -0.480 e.